The van der Waals surface area contributed by atoms with Gasteiger partial charge in [0.15, 0.2) is 0 Å². The zero-order chi connectivity index (χ0) is 7.19. The molecule has 0 aromatic carbocycles. The van der Waals surface area contributed by atoms with Crippen molar-refractivity contribution < 1.29 is 0 Å². The Morgan fingerprint density at radius 2 is 2.10 bits per heavy atom. The lowest BCUT2D eigenvalue weighted by Crippen LogP contribution is -2.22. The standard InChI is InChI=1S/C9H17N/c1-9(2)6-10-8-5-3-4-7(8)9/h7-8,10H,3-6H2,1-2H3/t7-,8+/m1/s1. The van der Waals surface area contributed by atoms with E-state index in [1.807, 2.05) is 0 Å². The van der Waals surface area contributed by atoms with E-state index in [1.54, 1.807) is 0 Å². The second kappa shape index (κ2) is 1.97. The van der Waals surface area contributed by atoms with E-state index in [-0.39, 0.29) is 0 Å². The van der Waals surface area contributed by atoms with Gasteiger partial charge < -0.3 is 5.32 Å². The smallest absolute Gasteiger partial charge is 0.0101 e. The molecular formula is C9H17N. The Kier molecular flexibility index (Phi) is 1.31. The van der Waals surface area contributed by atoms with Gasteiger partial charge in [0.05, 0.1) is 0 Å². The Bertz CT molecular complexity index is 140. The van der Waals surface area contributed by atoms with Gasteiger partial charge in [-0.05, 0) is 24.2 Å². The van der Waals surface area contributed by atoms with Crippen molar-refractivity contribution in [1.29, 1.82) is 0 Å². The molecule has 1 aliphatic heterocycles. The molecule has 1 saturated heterocycles. The van der Waals surface area contributed by atoms with Gasteiger partial charge in [0.25, 0.3) is 0 Å². The fourth-order valence-electron chi connectivity index (χ4n) is 2.66. The van der Waals surface area contributed by atoms with Crippen LogP contribution < -0.4 is 5.32 Å². The van der Waals surface area contributed by atoms with Gasteiger partial charge in [0.2, 0.25) is 0 Å². The summed E-state index contributed by atoms with van der Waals surface area (Å²) in [5.41, 5.74) is 0.584. The van der Waals surface area contributed by atoms with Crippen molar-refractivity contribution in [3.8, 4) is 0 Å². The summed E-state index contributed by atoms with van der Waals surface area (Å²) >= 11 is 0. The van der Waals surface area contributed by atoms with Crippen molar-refractivity contribution in [1.82, 2.24) is 5.32 Å². The lowest BCUT2D eigenvalue weighted by Gasteiger charge is -2.24. The van der Waals surface area contributed by atoms with Crippen molar-refractivity contribution in [2.45, 2.75) is 39.2 Å². The predicted octanol–water partition coefficient (Wildman–Crippen LogP) is 1.78. The summed E-state index contributed by atoms with van der Waals surface area (Å²) in [6.07, 6.45) is 4.34. The van der Waals surface area contributed by atoms with E-state index in [1.165, 1.54) is 25.8 Å². The third-order valence-electron chi connectivity index (χ3n) is 3.34. The van der Waals surface area contributed by atoms with Gasteiger partial charge in [-0.2, -0.15) is 0 Å². The highest BCUT2D eigenvalue weighted by atomic mass is 15.0. The molecule has 2 aliphatic rings. The summed E-state index contributed by atoms with van der Waals surface area (Å²) in [5, 5.41) is 3.61. The Labute approximate surface area is 63.2 Å². The molecule has 2 rings (SSSR count). The number of nitrogens with one attached hydrogen (secondary N) is 1. The van der Waals surface area contributed by atoms with E-state index in [2.05, 4.69) is 19.2 Å². The molecule has 2 atom stereocenters. The highest BCUT2D eigenvalue weighted by Gasteiger charge is 2.43. The van der Waals surface area contributed by atoms with Crippen LogP contribution in [0.2, 0.25) is 0 Å². The fraction of sp³-hybridized carbons (Fsp3) is 1.00. The Morgan fingerprint density at radius 1 is 1.30 bits per heavy atom. The first-order chi connectivity index (χ1) is 4.70. The summed E-state index contributed by atoms with van der Waals surface area (Å²) in [6, 6.07) is 0.870. The third kappa shape index (κ3) is 0.800. The molecule has 0 aromatic rings. The molecule has 2 fully saturated rings. The molecule has 0 amide bonds. The van der Waals surface area contributed by atoms with Crippen LogP contribution in [0.25, 0.3) is 0 Å². The van der Waals surface area contributed by atoms with Crippen LogP contribution in [0.5, 0.6) is 0 Å². The van der Waals surface area contributed by atoms with Gasteiger partial charge in [-0.25, -0.2) is 0 Å². The maximum Gasteiger partial charge on any atom is 0.0101 e. The second-order valence-corrected chi connectivity index (χ2v) is 4.51. The summed E-state index contributed by atoms with van der Waals surface area (Å²) in [5.74, 6) is 0.979. The molecular weight excluding hydrogens is 122 g/mol. The molecule has 0 bridgehead atoms. The first-order valence-corrected chi connectivity index (χ1v) is 4.43. The van der Waals surface area contributed by atoms with Crippen molar-refractivity contribution in [2.24, 2.45) is 11.3 Å². The van der Waals surface area contributed by atoms with Crippen LogP contribution in [0, 0.1) is 11.3 Å². The molecule has 1 N–H and O–H groups in total. The van der Waals surface area contributed by atoms with E-state index in [4.69, 9.17) is 0 Å². The Balaban J connectivity index is 2.16. The van der Waals surface area contributed by atoms with Gasteiger partial charge >= 0.3 is 0 Å². The van der Waals surface area contributed by atoms with Crippen LogP contribution in [-0.4, -0.2) is 12.6 Å². The van der Waals surface area contributed by atoms with Crippen LogP contribution in [0.15, 0.2) is 0 Å². The average molecular weight is 139 g/mol. The Morgan fingerprint density at radius 3 is 2.80 bits per heavy atom. The van der Waals surface area contributed by atoms with Gasteiger partial charge in [-0.15, -0.1) is 0 Å². The van der Waals surface area contributed by atoms with Crippen LogP contribution in [-0.2, 0) is 0 Å². The third-order valence-corrected chi connectivity index (χ3v) is 3.34. The zero-order valence-electron chi connectivity index (χ0n) is 6.98. The van der Waals surface area contributed by atoms with Gasteiger partial charge in [0.1, 0.15) is 0 Å². The largest absolute Gasteiger partial charge is 0.313 e. The van der Waals surface area contributed by atoms with Gasteiger partial charge in [-0.1, -0.05) is 20.3 Å². The minimum Gasteiger partial charge on any atom is -0.313 e. The zero-order valence-corrected chi connectivity index (χ0v) is 6.98. The molecule has 0 spiro atoms. The molecule has 1 heteroatoms. The topological polar surface area (TPSA) is 12.0 Å². The van der Waals surface area contributed by atoms with Gasteiger partial charge in [0, 0.05) is 12.6 Å². The summed E-state index contributed by atoms with van der Waals surface area (Å²) in [7, 11) is 0. The monoisotopic (exact) mass is 139 g/mol. The normalized spacial score (nSPS) is 43.8. The van der Waals surface area contributed by atoms with Crippen molar-refractivity contribution in [3.63, 3.8) is 0 Å². The molecule has 1 saturated carbocycles. The number of fused-ring (bicyclic) bond motifs is 1. The molecule has 0 aromatic heterocycles. The summed E-state index contributed by atoms with van der Waals surface area (Å²) in [6.45, 7) is 6.04. The first-order valence-electron chi connectivity index (χ1n) is 4.43. The summed E-state index contributed by atoms with van der Waals surface area (Å²) < 4.78 is 0. The first kappa shape index (κ1) is 6.66. The summed E-state index contributed by atoms with van der Waals surface area (Å²) in [4.78, 5) is 0. The molecule has 1 nitrogen and oxygen atoms in total. The van der Waals surface area contributed by atoms with E-state index < -0.39 is 0 Å². The van der Waals surface area contributed by atoms with E-state index >= 15 is 0 Å². The van der Waals surface area contributed by atoms with Crippen LogP contribution in [0.3, 0.4) is 0 Å². The second-order valence-electron chi connectivity index (χ2n) is 4.51. The van der Waals surface area contributed by atoms with E-state index in [0.717, 1.165) is 12.0 Å². The van der Waals surface area contributed by atoms with Crippen molar-refractivity contribution in [2.75, 3.05) is 6.54 Å². The highest BCUT2D eigenvalue weighted by molar-refractivity contribution is 4.99. The lowest BCUT2D eigenvalue weighted by molar-refractivity contribution is 0.277. The molecule has 1 heterocycles. The van der Waals surface area contributed by atoms with Crippen molar-refractivity contribution >= 4 is 0 Å². The minimum atomic E-state index is 0.584. The van der Waals surface area contributed by atoms with Crippen LogP contribution in [0.4, 0.5) is 0 Å². The van der Waals surface area contributed by atoms with Gasteiger partial charge in [-0.3, -0.25) is 0 Å². The average Bonchev–Trinajstić information content (AvgIpc) is 2.36. The molecule has 58 valence electrons. The van der Waals surface area contributed by atoms with E-state index in [0.29, 0.717) is 5.41 Å². The van der Waals surface area contributed by atoms with Crippen molar-refractivity contribution in [3.05, 3.63) is 0 Å². The molecule has 0 radical (unpaired) electrons. The van der Waals surface area contributed by atoms with E-state index in [9.17, 15) is 0 Å². The number of hydrogen-bond donors (Lipinski definition) is 1. The predicted molar refractivity (Wildman–Crippen MR) is 42.9 cm³/mol. The maximum atomic E-state index is 3.61. The van der Waals surface area contributed by atoms with Crippen LogP contribution >= 0.6 is 0 Å². The SMILES string of the molecule is CC1(C)CN[C@H]2CCC[C@H]21. The Hall–Kier alpha value is -0.0400. The molecule has 0 unspecified atom stereocenters. The highest BCUT2D eigenvalue weighted by Crippen LogP contribution is 2.43. The number of rotatable bonds is 0. The lowest BCUT2D eigenvalue weighted by atomic mass is 9.80. The number of hydrogen-bond acceptors (Lipinski definition) is 1. The molecule has 10 heavy (non-hydrogen) atoms. The quantitative estimate of drug-likeness (QED) is 0.539. The maximum absolute atomic E-state index is 3.61. The fourth-order valence-corrected chi connectivity index (χ4v) is 2.66. The molecule has 1 aliphatic carbocycles. The minimum absolute atomic E-state index is 0.584. The van der Waals surface area contributed by atoms with Crippen LogP contribution in [0.1, 0.15) is 33.1 Å².